The molecule has 0 aliphatic carbocycles. The third-order valence-electron chi connectivity index (χ3n) is 4.56. The zero-order valence-corrected chi connectivity index (χ0v) is 14.5. The van der Waals surface area contributed by atoms with Gasteiger partial charge in [-0.3, -0.25) is 9.69 Å². The van der Waals surface area contributed by atoms with Crippen molar-refractivity contribution < 1.29 is 4.79 Å². The smallest absolute Gasteiger partial charge is 0.248 e. The third kappa shape index (κ3) is 4.21. The number of rotatable bonds is 4. The van der Waals surface area contributed by atoms with Gasteiger partial charge in [-0.15, -0.1) is 0 Å². The van der Waals surface area contributed by atoms with E-state index in [-0.39, 0.29) is 5.91 Å². The number of nitrogens with two attached hydrogens (primary N) is 1. The summed E-state index contributed by atoms with van der Waals surface area (Å²) in [5.41, 5.74) is 7.25. The van der Waals surface area contributed by atoms with Crippen molar-refractivity contribution in [1.29, 1.82) is 0 Å². The van der Waals surface area contributed by atoms with E-state index in [0.29, 0.717) is 11.5 Å². The standard InChI is InChI=1S/C17H24N2OS2/c18-17(20)15-3-1-2-13(9-15)8-14-4-5-19(10-14)16-11-21-6-7-22-12-16/h1-3,9,14,16H,4-8,10-12H2,(H2,18,20)/t14-/m0/s1. The normalized spacial score (nSPS) is 24.3. The van der Waals surface area contributed by atoms with Gasteiger partial charge in [0.15, 0.2) is 0 Å². The molecule has 1 atom stereocenters. The lowest BCUT2D eigenvalue weighted by molar-refractivity contribution is 0.1000. The number of carbonyl (C=O) groups is 1. The van der Waals surface area contributed by atoms with Gasteiger partial charge in [0.2, 0.25) is 5.91 Å². The summed E-state index contributed by atoms with van der Waals surface area (Å²) in [5, 5.41) is 0. The molecule has 2 N–H and O–H groups in total. The third-order valence-corrected chi connectivity index (χ3v) is 7.05. The van der Waals surface area contributed by atoms with Gasteiger partial charge in [0.05, 0.1) is 0 Å². The van der Waals surface area contributed by atoms with Crippen LogP contribution in [0.2, 0.25) is 0 Å². The average molecular weight is 337 g/mol. The topological polar surface area (TPSA) is 46.3 Å². The van der Waals surface area contributed by atoms with E-state index in [1.807, 2.05) is 12.1 Å². The van der Waals surface area contributed by atoms with Crippen molar-refractivity contribution >= 4 is 29.4 Å². The molecule has 0 bridgehead atoms. The fraction of sp³-hybridized carbons (Fsp3) is 0.588. The molecule has 1 aromatic rings. The van der Waals surface area contributed by atoms with Gasteiger partial charge in [0.25, 0.3) is 0 Å². The van der Waals surface area contributed by atoms with E-state index in [0.717, 1.165) is 12.5 Å². The molecule has 0 radical (unpaired) electrons. The minimum Gasteiger partial charge on any atom is -0.366 e. The second-order valence-electron chi connectivity index (χ2n) is 6.22. The minimum atomic E-state index is -0.331. The molecule has 0 spiro atoms. The van der Waals surface area contributed by atoms with Gasteiger partial charge in [-0.1, -0.05) is 12.1 Å². The summed E-state index contributed by atoms with van der Waals surface area (Å²) in [7, 11) is 0. The highest BCUT2D eigenvalue weighted by molar-refractivity contribution is 8.03. The second-order valence-corrected chi connectivity index (χ2v) is 8.52. The second kappa shape index (κ2) is 7.75. The summed E-state index contributed by atoms with van der Waals surface area (Å²) in [6.45, 7) is 2.43. The molecular weight excluding hydrogens is 312 g/mol. The number of hydrogen-bond acceptors (Lipinski definition) is 4. The molecule has 0 saturated carbocycles. The summed E-state index contributed by atoms with van der Waals surface area (Å²) in [6.07, 6.45) is 2.33. The molecule has 120 valence electrons. The summed E-state index contributed by atoms with van der Waals surface area (Å²) in [6, 6.07) is 8.57. The highest BCUT2D eigenvalue weighted by Gasteiger charge is 2.29. The van der Waals surface area contributed by atoms with Crippen LogP contribution >= 0.6 is 23.5 Å². The van der Waals surface area contributed by atoms with Gasteiger partial charge in [0, 0.05) is 41.2 Å². The molecule has 2 aliphatic heterocycles. The lowest BCUT2D eigenvalue weighted by atomic mass is 9.97. The zero-order chi connectivity index (χ0) is 15.4. The molecule has 2 heterocycles. The Bertz CT molecular complexity index is 515. The van der Waals surface area contributed by atoms with Crippen LogP contribution < -0.4 is 5.73 Å². The van der Waals surface area contributed by atoms with Crippen molar-refractivity contribution in [2.75, 3.05) is 36.1 Å². The molecule has 3 rings (SSSR count). The molecule has 5 heteroatoms. The Morgan fingerprint density at radius 1 is 1.27 bits per heavy atom. The minimum absolute atomic E-state index is 0.331. The van der Waals surface area contributed by atoms with Gasteiger partial charge < -0.3 is 5.73 Å². The summed E-state index contributed by atoms with van der Waals surface area (Å²) < 4.78 is 0. The van der Waals surface area contributed by atoms with E-state index in [1.54, 1.807) is 6.07 Å². The van der Waals surface area contributed by atoms with Crippen molar-refractivity contribution in [3.05, 3.63) is 35.4 Å². The molecule has 2 saturated heterocycles. The molecule has 1 aromatic carbocycles. The Labute approximate surface area is 141 Å². The van der Waals surface area contributed by atoms with Crippen LogP contribution in [0.1, 0.15) is 22.3 Å². The zero-order valence-electron chi connectivity index (χ0n) is 12.9. The predicted molar refractivity (Wildman–Crippen MR) is 96.8 cm³/mol. The van der Waals surface area contributed by atoms with E-state index >= 15 is 0 Å². The lowest BCUT2D eigenvalue weighted by Gasteiger charge is -2.26. The first-order valence-corrected chi connectivity index (χ1v) is 10.3. The van der Waals surface area contributed by atoms with Crippen LogP contribution in [0.5, 0.6) is 0 Å². The van der Waals surface area contributed by atoms with E-state index in [4.69, 9.17) is 5.73 Å². The first-order valence-electron chi connectivity index (χ1n) is 8.00. The molecule has 3 nitrogen and oxygen atoms in total. The molecular formula is C17H24N2OS2. The number of thioether (sulfide) groups is 2. The number of nitrogens with zero attached hydrogens (tertiary/aromatic N) is 1. The number of primary amides is 1. The molecule has 1 amide bonds. The predicted octanol–water partition coefficient (Wildman–Crippen LogP) is 2.50. The van der Waals surface area contributed by atoms with Crippen LogP contribution in [-0.4, -0.2) is 52.9 Å². The van der Waals surface area contributed by atoms with Crippen LogP contribution in [0.25, 0.3) is 0 Å². The largest absolute Gasteiger partial charge is 0.366 e. The van der Waals surface area contributed by atoms with Crippen molar-refractivity contribution in [3.63, 3.8) is 0 Å². The Balaban J connectivity index is 1.56. The van der Waals surface area contributed by atoms with E-state index in [1.165, 1.54) is 48.1 Å². The highest BCUT2D eigenvalue weighted by atomic mass is 32.2. The lowest BCUT2D eigenvalue weighted by Crippen LogP contribution is -2.37. The molecule has 22 heavy (non-hydrogen) atoms. The number of likely N-dealkylation sites (tertiary alicyclic amines) is 1. The molecule has 0 unspecified atom stereocenters. The van der Waals surface area contributed by atoms with Gasteiger partial charge in [-0.25, -0.2) is 0 Å². The van der Waals surface area contributed by atoms with E-state index in [2.05, 4.69) is 34.5 Å². The number of benzene rings is 1. The van der Waals surface area contributed by atoms with E-state index < -0.39 is 0 Å². The quantitative estimate of drug-likeness (QED) is 0.918. The number of hydrogen-bond donors (Lipinski definition) is 1. The van der Waals surface area contributed by atoms with Crippen LogP contribution in [0.15, 0.2) is 24.3 Å². The van der Waals surface area contributed by atoms with Crippen LogP contribution in [0.4, 0.5) is 0 Å². The first-order chi connectivity index (χ1) is 10.7. The van der Waals surface area contributed by atoms with Crippen molar-refractivity contribution in [3.8, 4) is 0 Å². The Hall–Kier alpha value is -0.650. The van der Waals surface area contributed by atoms with Gasteiger partial charge in [-0.2, -0.15) is 23.5 Å². The maximum atomic E-state index is 11.3. The van der Waals surface area contributed by atoms with Gasteiger partial charge >= 0.3 is 0 Å². The van der Waals surface area contributed by atoms with Crippen LogP contribution in [0.3, 0.4) is 0 Å². The maximum Gasteiger partial charge on any atom is 0.248 e. The first kappa shape index (κ1) is 16.2. The maximum absolute atomic E-state index is 11.3. The molecule has 0 aromatic heterocycles. The monoisotopic (exact) mass is 336 g/mol. The summed E-state index contributed by atoms with van der Waals surface area (Å²) in [5.74, 6) is 5.56. The average Bonchev–Trinajstić information content (AvgIpc) is 2.81. The highest BCUT2D eigenvalue weighted by Crippen LogP contribution is 2.27. The number of amides is 1. The van der Waals surface area contributed by atoms with Crippen LogP contribution in [0, 0.1) is 5.92 Å². The SMILES string of the molecule is NC(=O)c1cccc(C[C@@H]2CCN(C3CSCCSC3)C2)c1. The Kier molecular flexibility index (Phi) is 5.71. The van der Waals surface area contributed by atoms with Crippen LogP contribution in [-0.2, 0) is 6.42 Å². The van der Waals surface area contributed by atoms with Gasteiger partial charge in [-0.05, 0) is 43.0 Å². The van der Waals surface area contributed by atoms with Crippen molar-refractivity contribution in [2.24, 2.45) is 11.7 Å². The molecule has 2 aliphatic rings. The fourth-order valence-corrected chi connectivity index (χ4v) is 5.99. The Morgan fingerprint density at radius 3 is 2.77 bits per heavy atom. The summed E-state index contributed by atoms with van der Waals surface area (Å²) >= 11 is 4.21. The molecule has 2 fully saturated rings. The summed E-state index contributed by atoms with van der Waals surface area (Å²) in [4.78, 5) is 14.0. The van der Waals surface area contributed by atoms with E-state index in [9.17, 15) is 4.79 Å². The fourth-order valence-electron chi connectivity index (χ4n) is 3.36. The van der Waals surface area contributed by atoms with Crippen molar-refractivity contribution in [2.45, 2.75) is 18.9 Å². The number of carbonyl (C=O) groups excluding carboxylic acids is 1. The Morgan fingerprint density at radius 2 is 2.05 bits per heavy atom. The van der Waals surface area contributed by atoms with Gasteiger partial charge in [0.1, 0.15) is 0 Å². The van der Waals surface area contributed by atoms with Crippen molar-refractivity contribution in [1.82, 2.24) is 4.90 Å².